The predicted molar refractivity (Wildman–Crippen MR) is 85.2 cm³/mol. The molecular weight excluding hydrogens is 342 g/mol. The minimum Gasteiger partial charge on any atom is -0.368 e. The van der Waals surface area contributed by atoms with Gasteiger partial charge < -0.3 is 10.1 Å². The van der Waals surface area contributed by atoms with Crippen LogP contribution in [0.3, 0.4) is 0 Å². The number of ether oxygens (including phenoxy) is 1. The Morgan fingerprint density at radius 2 is 2.20 bits per heavy atom. The van der Waals surface area contributed by atoms with E-state index >= 15 is 0 Å². The lowest BCUT2D eigenvalue weighted by molar-refractivity contribution is -0.124. The summed E-state index contributed by atoms with van der Waals surface area (Å²) in [5, 5.41) is 3.29. The zero-order valence-electron chi connectivity index (χ0n) is 11.5. The van der Waals surface area contributed by atoms with Crippen LogP contribution >= 0.6 is 27.5 Å². The lowest BCUT2D eigenvalue weighted by Gasteiger charge is -2.28. The summed E-state index contributed by atoms with van der Waals surface area (Å²) in [7, 11) is 0. The van der Waals surface area contributed by atoms with Crippen molar-refractivity contribution in [3.05, 3.63) is 27.7 Å². The van der Waals surface area contributed by atoms with Crippen LogP contribution in [0.25, 0.3) is 0 Å². The van der Waals surface area contributed by atoms with Gasteiger partial charge in [-0.2, -0.15) is 0 Å². The molecular formula is C15H19BrClNO2. The second-order valence-corrected chi connectivity index (χ2v) is 6.61. The van der Waals surface area contributed by atoms with Crippen molar-refractivity contribution in [1.82, 2.24) is 0 Å². The molecule has 2 atom stereocenters. The summed E-state index contributed by atoms with van der Waals surface area (Å²) in [5.41, 5.74) is 0.611. The van der Waals surface area contributed by atoms with Crippen LogP contribution in [0, 0.1) is 5.92 Å². The van der Waals surface area contributed by atoms with Gasteiger partial charge >= 0.3 is 0 Å². The van der Waals surface area contributed by atoms with Crippen LogP contribution in [0.2, 0.25) is 5.02 Å². The molecule has 3 nitrogen and oxygen atoms in total. The van der Waals surface area contributed by atoms with Gasteiger partial charge in [0.25, 0.3) is 0 Å². The monoisotopic (exact) mass is 359 g/mol. The summed E-state index contributed by atoms with van der Waals surface area (Å²) >= 11 is 9.39. The highest BCUT2D eigenvalue weighted by atomic mass is 79.9. The van der Waals surface area contributed by atoms with Gasteiger partial charge in [-0.3, -0.25) is 4.79 Å². The quantitative estimate of drug-likeness (QED) is 0.849. The maximum atomic E-state index is 11.9. The Morgan fingerprint density at radius 3 is 2.90 bits per heavy atom. The molecule has 1 aliphatic rings. The molecule has 1 aromatic carbocycles. The third-order valence-electron chi connectivity index (χ3n) is 3.67. The summed E-state index contributed by atoms with van der Waals surface area (Å²) in [5.74, 6) is 0.375. The highest BCUT2D eigenvalue weighted by Crippen LogP contribution is 2.27. The molecule has 1 aliphatic carbocycles. The van der Waals surface area contributed by atoms with Crippen molar-refractivity contribution in [2.75, 3.05) is 11.9 Å². The Balaban J connectivity index is 1.83. The molecule has 1 saturated carbocycles. The van der Waals surface area contributed by atoms with Crippen LogP contribution < -0.4 is 5.32 Å². The number of benzene rings is 1. The predicted octanol–water partition coefficient (Wildman–Crippen LogP) is 4.64. The maximum absolute atomic E-state index is 11.9. The number of nitrogens with one attached hydrogen (secondary N) is 1. The standard InChI is InChI=1S/C15H19BrClNO2/c1-10-4-2-3-5-14(10)20-9-15(19)18-13-7-6-11(16)8-12(13)17/h6-8,10,14H,2-5,9H2,1H3,(H,18,19)/t10-,14-/m1/s1. The van der Waals surface area contributed by atoms with Crippen molar-refractivity contribution in [2.45, 2.75) is 38.7 Å². The minimum atomic E-state index is -0.160. The van der Waals surface area contributed by atoms with Crippen molar-refractivity contribution in [3.8, 4) is 0 Å². The maximum Gasteiger partial charge on any atom is 0.250 e. The largest absolute Gasteiger partial charge is 0.368 e. The third-order valence-corrected chi connectivity index (χ3v) is 4.47. The molecule has 0 spiro atoms. The first-order valence-corrected chi connectivity index (χ1v) is 8.10. The zero-order valence-corrected chi connectivity index (χ0v) is 13.8. The Morgan fingerprint density at radius 1 is 1.45 bits per heavy atom. The lowest BCUT2D eigenvalue weighted by atomic mass is 9.88. The summed E-state index contributed by atoms with van der Waals surface area (Å²) in [6.07, 6.45) is 4.89. The van der Waals surface area contributed by atoms with E-state index in [0.29, 0.717) is 16.6 Å². The van der Waals surface area contributed by atoms with Crippen LogP contribution in [0.5, 0.6) is 0 Å². The number of hydrogen-bond donors (Lipinski definition) is 1. The van der Waals surface area contributed by atoms with Gasteiger partial charge in [0.05, 0.1) is 16.8 Å². The molecule has 0 aliphatic heterocycles. The first-order valence-electron chi connectivity index (χ1n) is 6.93. The van der Waals surface area contributed by atoms with Crippen molar-refractivity contribution in [1.29, 1.82) is 0 Å². The number of rotatable bonds is 4. The van der Waals surface area contributed by atoms with E-state index in [2.05, 4.69) is 28.2 Å². The molecule has 1 N–H and O–H groups in total. The van der Waals surface area contributed by atoms with E-state index in [-0.39, 0.29) is 18.6 Å². The van der Waals surface area contributed by atoms with E-state index < -0.39 is 0 Å². The number of amides is 1. The number of halogens is 2. The molecule has 20 heavy (non-hydrogen) atoms. The molecule has 0 radical (unpaired) electrons. The topological polar surface area (TPSA) is 38.3 Å². The first-order chi connectivity index (χ1) is 9.56. The zero-order chi connectivity index (χ0) is 14.5. The average Bonchev–Trinajstić information content (AvgIpc) is 2.41. The fourth-order valence-electron chi connectivity index (χ4n) is 2.49. The molecule has 1 amide bonds. The van der Waals surface area contributed by atoms with E-state index in [4.69, 9.17) is 16.3 Å². The molecule has 0 bridgehead atoms. The summed E-state index contributed by atoms with van der Waals surface area (Å²) < 4.78 is 6.61. The van der Waals surface area contributed by atoms with Crippen LogP contribution in [-0.4, -0.2) is 18.6 Å². The second-order valence-electron chi connectivity index (χ2n) is 5.28. The molecule has 0 aromatic heterocycles. The summed E-state index contributed by atoms with van der Waals surface area (Å²) in [6, 6.07) is 5.36. The van der Waals surface area contributed by atoms with Gasteiger partial charge in [0.15, 0.2) is 0 Å². The second kappa shape index (κ2) is 7.43. The van der Waals surface area contributed by atoms with Crippen molar-refractivity contribution in [3.63, 3.8) is 0 Å². The van der Waals surface area contributed by atoms with E-state index in [1.54, 1.807) is 12.1 Å². The summed E-state index contributed by atoms with van der Waals surface area (Å²) in [4.78, 5) is 11.9. The molecule has 0 saturated heterocycles. The van der Waals surface area contributed by atoms with Gasteiger partial charge in [0, 0.05) is 4.47 Å². The summed E-state index contributed by atoms with van der Waals surface area (Å²) in [6.45, 7) is 2.27. The number of carbonyl (C=O) groups excluding carboxylic acids is 1. The highest BCUT2D eigenvalue weighted by molar-refractivity contribution is 9.10. The van der Waals surface area contributed by atoms with Gasteiger partial charge in [0.1, 0.15) is 6.61 Å². The molecule has 5 heteroatoms. The molecule has 1 fully saturated rings. The lowest BCUT2D eigenvalue weighted by Crippen LogP contribution is -2.29. The van der Waals surface area contributed by atoms with Gasteiger partial charge in [-0.1, -0.05) is 47.3 Å². The van der Waals surface area contributed by atoms with E-state index in [0.717, 1.165) is 10.9 Å². The first kappa shape index (κ1) is 15.8. The SMILES string of the molecule is C[C@@H]1CCCC[C@H]1OCC(=O)Nc1ccc(Br)cc1Cl. The fraction of sp³-hybridized carbons (Fsp3) is 0.533. The Labute approximate surface area is 133 Å². The fourth-order valence-corrected chi connectivity index (χ4v) is 3.21. The third kappa shape index (κ3) is 4.47. The smallest absolute Gasteiger partial charge is 0.250 e. The Hall–Kier alpha value is -0.580. The van der Waals surface area contributed by atoms with Gasteiger partial charge in [0.2, 0.25) is 5.91 Å². The molecule has 0 heterocycles. The van der Waals surface area contributed by atoms with Crippen molar-refractivity contribution in [2.24, 2.45) is 5.92 Å². The molecule has 1 aromatic rings. The van der Waals surface area contributed by atoms with Crippen molar-refractivity contribution >= 4 is 39.1 Å². The number of carbonyl (C=O) groups is 1. The van der Waals surface area contributed by atoms with Crippen LogP contribution in [0.15, 0.2) is 22.7 Å². The molecule has 2 rings (SSSR count). The Bertz CT molecular complexity index is 481. The van der Waals surface area contributed by atoms with Crippen LogP contribution in [-0.2, 0) is 9.53 Å². The van der Waals surface area contributed by atoms with Crippen LogP contribution in [0.4, 0.5) is 5.69 Å². The average molecular weight is 361 g/mol. The minimum absolute atomic E-state index is 0.0847. The molecule has 0 unspecified atom stereocenters. The Kier molecular flexibility index (Phi) is 5.87. The van der Waals surface area contributed by atoms with Crippen molar-refractivity contribution < 1.29 is 9.53 Å². The normalized spacial score (nSPS) is 22.6. The van der Waals surface area contributed by atoms with Gasteiger partial charge in [-0.05, 0) is 37.0 Å². The van der Waals surface area contributed by atoms with Crippen LogP contribution in [0.1, 0.15) is 32.6 Å². The van der Waals surface area contributed by atoms with E-state index in [1.807, 2.05) is 6.07 Å². The van der Waals surface area contributed by atoms with Gasteiger partial charge in [-0.15, -0.1) is 0 Å². The van der Waals surface area contributed by atoms with E-state index in [9.17, 15) is 4.79 Å². The molecule has 110 valence electrons. The highest BCUT2D eigenvalue weighted by Gasteiger charge is 2.22. The number of hydrogen-bond acceptors (Lipinski definition) is 2. The number of anilines is 1. The van der Waals surface area contributed by atoms with E-state index in [1.165, 1.54) is 19.3 Å². The van der Waals surface area contributed by atoms with Gasteiger partial charge in [-0.25, -0.2) is 0 Å².